The molecule has 0 aliphatic carbocycles. The van der Waals surface area contributed by atoms with E-state index in [1.165, 1.54) is 4.72 Å². The standard InChI is InChI=1S/C6H13NO10S2.2Na/c8-4-1-3(2-16-19(13,14)15)17-6(9)5(4)7-18(10,11)12;;/h3-9H,1-2H2,(H,10,11,12)(H,13,14,15);;/q;2*+1/p-2/t3?,4-,5?,6+;;/m0../s1. The van der Waals surface area contributed by atoms with Crippen molar-refractivity contribution in [1.29, 1.82) is 0 Å². The van der Waals surface area contributed by atoms with Crippen LogP contribution in [0, 0.1) is 0 Å². The average molecular weight is 367 g/mol. The molecule has 0 aromatic rings. The van der Waals surface area contributed by atoms with Crippen LogP contribution in [0.4, 0.5) is 0 Å². The molecule has 0 aromatic carbocycles. The van der Waals surface area contributed by atoms with Crippen LogP contribution in [0.5, 0.6) is 0 Å². The van der Waals surface area contributed by atoms with Gasteiger partial charge >= 0.3 is 59.1 Å². The number of rotatable bonds is 5. The zero-order valence-electron chi connectivity index (χ0n) is 11.2. The minimum Gasteiger partial charge on any atom is -0.735 e. The quantitative estimate of drug-likeness (QED) is 0.239. The van der Waals surface area contributed by atoms with Gasteiger partial charge in [0.25, 0.3) is 0 Å². The second-order valence-electron chi connectivity index (χ2n) is 3.74. The molecule has 0 aromatic heterocycles. The summed E-state index contributed by atoms with van der Waals surface area (Å²) >= 11 is 0. The van der Waals surface area contributed by atoms with E-state index in [0.717, 1.165) is 0 Å². The minimum atomic E-state index is -4.96. The maximum absolute atomic E-state index is 10.4. The van der Waals surface area contributed by atoms with Crippen molar-refractivity contribution < 1.29 is 104 Å². The Morgan fingerprint density at radius 2 is 1.71 bits per heavy atom. The maximum Gasteiger partial charge on any atom is 1.00 e. The van der Waals surface area contributed by atoms with Gasteiger partial charge in [0.2, 0.25) is 10.4 Å². The fourth-order valence-electron chi connectivity index (χ4n) is 1.51. The van der Waals surface area contributed by atoms with E-state index in [-0.39, 0.29) is 65.5 Å². The van der Waals surface area contributed by atoms with E-state index in [9.17, 15) is 36.2 Å². The summed E-state index contributed by atoms with van der Waals surface area (Å²) in [5.41, 5.74) is 0. The molecule has 0 saturated carbocycles. The van der Waals surface area contributed by atoms with Crippen LogP contribution < -0.4 is 63.8 Å². The number of nitrogens with one attached hydrogen (secondary N) is 1. The predicted octanol–water partition coefficient (Wildman–Crippen LogP) is -9.64. The van der Waals surface area contributed by atoms with Gasteiger partial charge in [-0.25, -0.2) is 21.6 Å². The number of ether oxygens (including phenoxy) is 1. The molecular weight excluding hydrogens is 356 g/mol. The summed E-state index contributed by atoms with van der Waals surface area (Å²) in [7, 11) is -9.88. The second-order valence-corrected chi connectivity index (χ2v) is 5.94. The van der Waals surface area contributed by atoms with Gasteiger partial charge in [-0.1, -0.05) is 0 Å². The smallest absolute Gasteiger partial charge is 0.735 e. The Labute approximate surface area is 165 Å². The van der Waals surface area contributed by atoms with Crippen molar-refractivity contribution >= 4 is 20.7 Å². The monoisotopic (exact) mass is 367 g/mol. The van der Waals surface area contributed by atoms with E-state index in [4.69, 9.17) is 4.74 Å². The van der Waals surface area contributed by atoms with Crippen molar-refractivity contribution in [2.24, 2.45) is 0 Å². The van der Waals surface area contributed by atoms with Gasteiger partial charge in [-0.15, -0.1) is 0 Å². The first-order chi connectivity index (χ1) is 8.48. The minimum absolute atomic E-state index is 0. The number of aliphatic hydroxyl groups excluding tert-OH is 2. The predicted molar refractivity (Wildman–Crippen MR) is 53.8 cm³/mol. The van der Waals surface area contributed by atoms with Crippen LogP contribution in [0.25, 0.3) is 0 Å². The molecule has 4 atom stereocenters. The fourth-order valence-corrected chi connectivity index (χ4v) is 2.44. The van der Waals surface area contributed by atoms with E-state index < -0.39 is 51.8 Å². The second kappa shape index (κ2) is 9.80. The van der Waals surface area contributed by atoms with Crippen LogP contribution in [0.2, 0.25) is 0 Å². The zero-order chi connectivity index (χ0) is 14.8. The van der Waals surface area contributed by atoms with E-state index in [0.29, 0.717) is 0 Å². The van der Waals surface area contributed by atoms with E-state index in [1.54, 1.807) is 0 Å². The summed E-state index contributed by atoms with van der Waals surface area (Å²) in [6, 6.07) is -1.59. The van der Waals surface area contributed by atoms with Gasteiger partial charge in [-0.05, 0) is 0 Å². The van der Waals surface area contributed by atoms with Crippen LogP contribution in [0.1, 0.15) is 6.42 Å². The van der Waals surface area contributed by atoms with Crippen LogP contribution in [-0.2, 0) is 29.6 Å². The summed E-state index contributed by atoms with van der Waals surface area (Å²) in [6.45, 7) is -0.753. The van der Waals surface area contributed by atoms with Gasteiger partial charge < -0.3 is 24.1 Å². The van der Waals surface area contributed by atoms with Crippen molar-refractivity contribution in [2.75, 3.05) is 6.61 Å². The Balaban J connectivity index is 0. The Morgan fingerprint density at radius 1 is 1.19 bits per heavy atom. The largest absolute Gasteiger partial charge is 1.00 e. The van der Waals surface area contributed by atoms with Gasteiger partial charge in [0.05, 0.1) is 24.9 Å². The molecule has 0 spiro atoms. The van der Waals surface area contributed by atoms with Gasteiger partial charge in [-0.2, -0.15) is 0 Å². The number of aliphatic hydroxyl groups is 2. The normalized spacial score (nSPS) is 30.1. The summed E-state index contributed by atoms with van der Waals surface area (Å²) < 4.78 is 71.9. The summed E-state index contributed by atoms with van der Waals surface area (Å²) in [4.78, 5) is 0. The Morgan fingerprint density at radius 3 is 2.10 bits per heavy atom. The van der Waals surface area contributed by atoms with E-state index in [1.807, 2.05) is 0 Å². The van der Waals surface area contributed by atoms with Crippen LogP contribution >= 0.6 is 0 Å². The summed E-state index contributed by atoms with van der Waals surface area (Å²) in [6.07, 6.45) is -4.91. The molecular formula is C6H11NNa2O10S2. The molecule has 21 heavy (non-hydrogen) atoms. The molecule has 1 heterocycles. The van der Waals surface area contributed by atoms with Crippen molar-refractivity contribution in [2.45, 2.75) is 31.0 Å². The molecule has 11 nitrogen and oxygen atoms in total. The molecule has 3 N–H and O–H groups in total. The van der Waals surface area contributed by atoms with Crippen LogP contribution in [0.3, 0.4) is 0 Å². The topological polar surface area (TPSA) is 185 Å². The molecule has 0 bridgehead atoms. The van der Waals surface area contributed by atoms with E-state index in [2.05, 4.69) is 4.18 Å². The third-order valence-corrected chi connectivity index (χ3v) is 3.22. The average Bonchev–Trinajstić information content (AvgIpc) is 2.18. The molecule has 1 fully saturated rings. The van der Waals surface area contributed by atoms with Crippen molar-refractivity contribution in [3.8, 4) is 0 Å². The van der Waals surface area contributed by atoms with Crippen molar-refractivity contribution in [3.05, 3.63) is 0 Å². The molecule has 0 radical (unpaired) electrons. The summed E-state index contributed by atoms with van der Waals surface area (Å²) in [5.74, 6) is 0. The SMILES string of the molecule is O=S(=O)([O-])NC1[C@H](O)OC(COS(=O)(=O)[O-])C[C@@H]1O.[Na+].[Na+]. The molecule has 1 aliphatic rings. The molecule has 114 valence electrons. The Hall–Kier alpha value is 1.62. The summed E-state index contributed by atoms with van der Waals surface area (Å²) in [5, 5.41) is 18.9. The molecule has 0 amide bonds. The first-order valence-corrected chi connectivity index (χ1v) is 7.57. The van der Waals surface area contributed by atoms with Crippen LogP contribution in [-0.4, -0.2) is 67.3 Å². The molecule has 1 aliphatic heterocycles. The molecule has 1 rings (SSSR count). The van der Waals surface area contributed by atoms with E-state index >= 15 is 0 Å². The molecule has 1 saturated heterocycles. The Kier molecular flexibility index (Phi) is 11.6. The number of hydrogen-bond acceptors (Lipinski definition) is 10. The molecule has 2 unspecified atom stereocenters. The third-order valence-electron chi connectivity index (χ3n) is 2.24. The maximum atomic E-state index is 10.4. The van der Waals surface area contributed by atoms with Gasteiger partial charge in [-0.3, -0.25) is 4.18 Å². The van der Waals surface area contributed by atoms with Crippen molar-refractivity contribution in [3.63, 3.8) is 0 Å². The first-order valence-electron chi connectivity index (χ1n) is 4.83. The first kappa shape index (κ1) is 24.9. The fraction of sp³-hybridized carbons (Fsp3) is 1.00. The number of hydrogen-bond donors (Lipinski definition) is 3. The third kappa shape index (κ3) is 10.2. The van der Waals surface area contributed by atoms with Gasteiger partial charge in [0.15, 0.2) is 16.6 Å². The zero-order valence-corrected chi connectivity index (χ0v) is 16.8. The molecule has 15 heteroatoms. The van der Waals surface area contributed by atoms with Gasteiger partial charge in [0.1, 0.15) is 0 Å². The Bertz CT molecular complexity index is 498. The van der Waals surface area contributed by atoms with Crippen molar-refractivity contribution in [1.82, 2.24) is 4.72 Å². The van der Waals surface area contributed by atoms with Gasteiger partial charge in [0, 0.05) is 6.42 Å². The van der Waals surface area contributed by atoms with Crippen LogP contribution in [0.15, 0.2) is 0 Å².